The summed E-state index contributed by atoms with van der Waals surface area (Å²) in [6.45, 7) is 1.73. The fourth-order valence-electron chi connectivity index (χ4n) is 4.18. The molecule has 33 heavy (non-hydrogen) atoms. The van der Waals surface area contributed by atoms with Gasteiger partial charge in [0, 0.05) is 16.6 Å². The van der Waals surface area contributed by atoms with Crippen molar-refractivity contribution in [3.8, 4) is 16.9 Å². The summed E-state index contributed by atoms with van der Waals surface area (Å²) < 4.78 is 21.4. The maximum atomic E-state index is 13.7. The number of benzene rings is 3. The van der Waals surface area contributed by atoms with Gasteiger partial charge in [-0.15, -0.1) is 0 Å². The number of halogens is 3. The molecule has 0 radical (unpaired) electrons. The highest BCUT2D eigenvalue weighted by Crippen LogP contribution is 2.33. The van der Waals surface area contributed by atoms with Crippen molar-refractivity contribution in [3.05, 3.63) is 86.6 Å². The van der Waals surface area contributed by atoms with Crippen LogP contribution in [0.5, 0.6) is 5.75 Å². The molecule has 0 unspecified atom stereocenters. The number of aliphatic carboxylic acids is 1. The van der Waals surface area contributed by atoms with Crippen LogP contribution in [0, 0.1) is 5.82 Å². The molecule has 0 spiro atoms. The third-order valence-electron chi connectivity index (χ3n) is 5.88. The second-order valence-electron chi connectivity index (χ2n) is 8.16. The molecule has 1 heterocycles. The van der Waals surface area contributed by atoms with Gasteiger partial charge in [-0.3, -0.25) is 9.69 Å². The summed E-state index contributed by atoms with van der Waals surface area (Å²) >= 11 is 7.25. The molecular formula is C26H24Br2FNO3. The van der Waals surface area contributed by atoms with Crippen LogP contribution in [0.2, 0.25) is 0 Å². The summed E-state index contributed by atoms with van der Waals surface area (Å²) in [4.78, 5) is 13.6. The maximum absolute atomic E-state index is 13.7. The highest BCUT2D eigenvalue weighted by molar-refractivity contribution is 9.11. The van der Waals surface area contributed by atoms with Crippen molar-refractivity contribution in [3.63, 3.8) is 0 Å². The molecule has 1 saturated heterocycles. The van der Waals surface area contributed by atoms with Crippen LogP contribution in [0.15, 0.2) is 69.6 Å². The highest BCUT2D eigenvalue weighted by Gasteiger charge is 2.28. The molecule has 1 fully saturated rings. The van der Waals surface area contributed by atoms with Crippen LogP contribution >= 0.6 is 31.9 Å². The Labute approximate surface area is 209 Å². The van der Waals surface area contributed by atoms with Gasteiger partial charge in [-0.2, -0.15) is 0 Å². The summed E-state index contributed by atoms with van der Waals surface area (Å²) in [6, 6.07) is 17.8. The summed E-state index contributed by atoms with van der Waals surface area (Å²) in [5.41, 5.74) is 3.69. The first-order chi connectivity index (χ1) is 15.9. The van der Waals surface area contributed by atoms with Gasteiger partial charge >= 0.3 is 5.97 Å². The summed E-state index contributed by atoms with van der Waals surface area (Å²) in [5, 5.41) is 9.50. The van der Waals surface area contributed by atoms with Crippen LogP contribution in [-0.2, 0) is 17.9 Å². The van der Waals surface area contributed by atoms with E-state index in [-0.39, 0.29) is 5.82 Å². The summed E-state index contributed by atoms with van der Waals surface area (Å²) in [5.74, 6) is -0.320. The second kappa shape index (κ2) is 10.8. The van der Waals surface area contributed by atoms with Crippen LogP contribution in [-0.4, -0.2) is 28.6 Å². The van der Waals surface area contributed by atoms with Gasteiger partial charge in [0.05, 0.1) is 4.47 Å². The van der Waals surface area contributed by atoms with Crippen molar-refractivity contribution in [1.29, 1.82) is 0 Å². The highest BCUT2D eigenvalue weighted by atomic mass is 79.9. The van der Waals surface area contributed by atoms with Crippen LogP contribution in [0.1, 0.15) is 30.4 Å². The standard InChI is InChI=1S/C26H24Br2FNO3/c27-22-13-17(15-30-12-2-1-9-23(30)26(31)32)10-11-24(22)33-16-19-6-4-8-21(25(19)28)18-5-3-7-20(29)14-18/h3-8,10-11,13-14,23H,1-2,9,12,15-16H2,(H,31,32)/t23-/m0/s1. The van der Waals surface area contributed by atoms with E-state index in [4.69, 9.17) is 4.74 Å². The molecule has 0 aromatic heterocycles. The number of piperidine rings is 1. The van der Waals surface area contributed by atoms with Gasteiger partial charge in [-0.05, 0) is 92.2 Å². The zero-order chi connectivity index (χ0) is 23.4. The Bertz CT molecular complexity index is 1150. The quantitative estimate of drug-likeness (QED) is 0.328. The van der Waals surface area contributed by atoms with Crippen LogP contribution < -0.4 is 4.74 Å². The molecular weight excluding hydrogens is 553 g/mol. The smallest absolute Gasteiger partial charge is 0.320 e. The Kier molecular flexibility index (Phi) is 7.83. The summed E-state index contributed by atoms with van der Waals surface area (Å²) in [6.07, 6.45) is 2.68. The predicted octanol–water partition coefficient (Wildman–Crippen LogP) is 7.04. The monoisotopic (exact) mass is 575 g/mol. The number of carbonyl (C=O) groups is 1. The molecule has 1 N–H and O–H groups in total. The Morgan fingerprint density at radius 3 is 2.67 bits per heavy atom. The number of nitrogens with zero attached hydrogens (tertiary/aromatic N) is 1. The first-order valence-electron chi connectivity index (χ1n) is 10.8. The molecule has 4 rings (SSSR count). The van der Waals surface area contributed by atoms with E-state index in [2.05, 4.69) is 31.9 Å². The van der Waals surface area contributed by atoms with Gasteiger partial charge in [-0.1, -0.05) is 42.8 Å². The Hall–Kier alpha value is -2.22. The third kappa shape index (κ3) is 5.83. The topological polar surface area (TPSA) is 49.8 Å². The number of rotatable bonds is 7. The van der Waals surface area contributed by atoms with Crippen molar-refractivity contribution in [2.24, 2.45) is 0 Å². The number of hydrogen-bond acceptors (Lipinski definition) is 3. The van der Waals surface area contributed by atoms with E-state index in [1.54, 1.807) is 6.07 Å². The van der Waals surface area contributed by atoms with E-state index < -0.39 is 12.0 Å². The lowest BCUT2D eigenvalue weighted by Crippen LogP contribution is -2.43. The number of carboxylic acids is 1. The Morgan fingerprint density at radius 2 is 1.91 bits per heavy atom. The van der Waals surface area contributed by atoms with Crippen molar-refractivity contribution in [1.82, 2.24) is 4.90 Å². The van der Waals surface area contributed by atoms with Gasteiger partial charge in [-0.25, -0.2) is 4.39 Å². The molecule has 0 saturated carbocycles. The van der Waals surface area contributed by atoms with Crippen molar-refractivity contribution in [2.45, 2.75) is 38.5 Å². The fraction of sp³-hybridized carbons (Fsp3) is 0.269. The van der Waals surface area contributed by atoms with E-state index in [1.165, 1.54) is 12.1 Å². The largest absolute Gasteiger partial charge is 0.488 e. The van der Waals surface area contributed by atoms with Gasteiger partial charge < -0.3 is 9.84 Å². The van der Waals surface area contributed by atoms with Gasteiger partial charge in [0.1, 0.15) is 24.2 Å². The number of ether oxygens (including phenoxy) is 1. The second-order valence-corrected chi connectivity index (χ2v) is 9.81. The average Bonchev–Trinajstić information content (AvgIpc) is 2.79. The normalized spacial score (nSPS) is 16.5. The molecule has 1 aliphatic rings. The molecule has 7 heteroatoms. The first kappa shape index (κ1) is 23.9. The minimum Gasteiger partial charge on any atom is -0.488 e. The molecule has 0 amide bonds. The Balaban J connectivity index is 1.45. The molecule has 3 aromatic rings. The van der Waals surface area contributed by atoms with E-state index in [9.17, 15) is 14.3 Å². The molecule has 4 nitrogen and oxygen atoms in total. The number of hydrogen-bond donors (Lipinski definition) is 1. The van der Waals surface area contributed by atoms with Crippen molar-refractivity contribution >= 4 is 37.8 Å². The van der Waals surface area contributed by atoms with Crippen LogP contribution in [0.3, 0.4) is 0 Å². The lowest BCUT2D eigenvalue weighted by molar-refractivity contribution is -0.144. The summed E-state index contributed by atoms with van der Waals surface area (Å²) in [7, 11) is 0. The minimum atomic E-state index is -0.750. The minimum absolute atomic E-state index is 0.274. The zero-order valence-corrected chi connectivity index (χ0v) is 21.1. The van der Waals surface area contributed by atoms with Crippen LogP contribution in [0.25, 0.3) is 11.1 Å². The lowest BCUT2D eigenvalue weighted by Gasteiger charge is -2.32. The van der Waals surface area contributed by atoms with Crippen molar-refractivity contribution in [2.75, 3.05) is 6.54 Å². The van der Waals surface area contributed by atoms with Gasteiger partial charge in [0.15, 0.2) is 0 Å². The maximum Gasteiger partial charge on any atom is 0.320 e. The van der Waals surface area contributed by atoms with E-state index in [1.807, 2.05) is 47.4 Å². The number of likely N-dealkylation sites (tertiary alicyclic amines) is 1. The SMILES string of the molecule is O=C(O)[C@@H]1CCCCN1Cc1ccc(OCc2cccc(-c3cccc(F)c3)c2Br)c(Br)c1. The molecule has 0 bridgehead atoms. The van der Waals surface area contributed by atoms with E-state index >= 15 is 0 Å². The predicted molar refractivity (Wildman–Crippen MR) is 134 cm³/mol. The molecule has 3 aromatic carbocycles. The first-order valence-corrected chi connectivity index (χ1v) is 12.4. The third-order valence-corrected chi connectivity index (χ3v) is 7.43. The zero-order valence-electron chi connectivity index (χ0n) is 17.9. The lowest BCUT2D eigenvalue weighted by atomic mass is 10.0. The van der Waals surface area contributed by atoms with Gasteiger partial charge in [0.2, 0.25) is 0 Å². The number of carboxylic acid groups (broad SMARTS) is 1. The van der Waals surface area contributed by atoms with E-state index in [0.717, 1.165) is 50.6 Å². The van der Waals surface area contributed by atoms with Gasteiger partial charge in [0.25, 0.3) is 0 Å². The van der Waals surface area contributed by atoms with Crippen molar-refractivity contribution < 1.29 is 19.0 Å². The molecule has 1 aliphatic heterocycles. The average molecular weight is 577 g/mol. The Morgan fingerprint density at radius 1 is 1.09 bits per heavy atom. The molecule has 1 atom stereocenters. The fourth-order valence-corrected chi connectivity index (χ4v) is 5.33. The molecule has 0 aliphatic carbocycles. The van der Waals surface area contributed by atoms with E-state index in [0.29, 0.717) is 25.3 Å². The van der Waals surface area contributed by atoms with Crippen LogP contribution in [0.4, 0.5) is 4.39 Å². The molecule has 172 valence electrons.